The maximum Gasteiger partial charge on any atom is 0.273 e. The molecule has 1 heterocycles. The van der Waals surface area contributed by atoms with Gasteiger partial charge in [0.1, 0.15) is 5.69 Å². The van der Waals surface area contributed by atoms with Gasteiger partial charge in [0.2, 0.25) is 0 Å². The summed E-state index contributed by atoms with van der Waals surface area (Å²) in [6, 6.07) is 0. The van der Waals surface area contributed by atoms with Gasteiger partial charge >= 0.3 is 0 Å². The molecule has 5 nitrogen and oxygen atoms in total. The van der Waals surface area contributed by atoms with Crippen LogP contribution in [-0.2, 0) is 10.8 Å². The van der Waals surface area contributed by atoms with Crippen molar-refractivity contribution in [2.24, 2.45) is 0 Å². The lowest BCUT2D eigenvalue weighted by Gasteiger charge is -2.15. The normalized spacial score (nSPS) is 12.1. The lowest BCUT2D eigenvalue weighted by molar-refractivity contribution is 0.0789. The van der Waals surface area contributed by atoms with Gasteiger partial charge in [-0.1, -0.05) is 0 Å². The van der Waals surface area contributed by atoms with E-state index in [-0.39, 0.29) is 5.91 Å². The van der Waals surface area contributed by atoms with Crippen LogP contribution in [-0.4, -0.2) is 50.6 Å². The molecule has 0 aromatic carbocycles. The van der Waals surface area contributed by atoms with E-state index in [1.807, 2.05) is 0 Å². The molecule has 1 aromatic heterocycles. The standard InChI is InChI=1S/C10H15N3O2S/c1-13(6-3-7-16(2)15)10(14)9-8-11-4-5-12-9/h4-5,8H,3,6-7H2,1-2H3. The van der Waals surface area contributed by atoms with Crippen LogP contribution in [0.3, 0.4) is 0 Å². The van der Waals surface area contributed by atoms with Crippen LogP contribution in [0.5, 0.6) is 0 Å². The molecule has 1 rings (SSSR count). The van der Waals surface area contributed by atoms with E-state index in [9.17, 15) is 9.00 Å². The second kappa shape index (κ2) is 6.32. The predicted molar refractivity (Wildman–Crippen MR) is 62.5 cm³/mol. The second-order valence-electron chi connectivity index (χ2n) is 3.45. The van der Waals surface area contributed by atoms with Gasteiger partial charge in [0, 0.05) is 48.8 Å². The number of carbonyl (C=O) groups is 1. The Hall–Kier alpha value is -1.30. The Morgan fingerprint density at radius 2 is 2.25 bits per heavy atom. The molecule has 0 spiro atoms. The molecule has 0 aliphatic carbocycles. The van der Waals surface area contributed by atoms with E-state index in [2.05, 4.69) is 9.97 Å². The van der Waals surface area contributed by atoms with E-state index < -0.39 is 10.8 Å². The van der Waals surface area contributed by atoms with Crippen molar-refractivity contribution in [3.05, 3.63) is 24.3 Å². The predicted octanol–water partition coefficient (Wildman–Crippen LogP) is 0.317. The first-order chi connectivity index (χ1) is 7.61. The SMILES string of the molecule is CN(CCCS(C)=O)C(=O)c1cnccn1. The van der Waals surface area contributed by atoms with Gasteiger partial charge in [-0.05, 0) is 6.42 Å². The summed E-state index contributed by atoms with van der Waals surface area (Å²) in [5.41, 5.74) is 0.336. The Kier molecular flexibility index (Phi) is 5.04. The zero-order valence-electron chi connectivity index (χ0n) is 9.42. The highest BCUT2D eigenvalue weighted by atomic mass is 32.2. The van der Waals surface area contributed by atoms with Gasteiger partial charge < -0.3 is 4.90 Å². The van der Waals surface area contributed by atoms with E-state index in [0.717, 1.165) is 6.42 Å². The van der Waals surface area contributed by atoms with Crippen molar-refractivity contribution in [1.29, 1.82) is 0 Å². The summed E-state index contributed by atoms with van der Waals surface area (Å²) in [5, 5.41) is 0. The molecule has 0 radical (unpaired) electrons. The maximum atomic E-state index is 11.8. The molecule has 0 fully saturated rings. The van der Waals surface area contributed by atoms with Crippen LogP contribution in [0.25, 0.3) is 0 Å². The number of nitrogens with zero attached hydrogens (tertiary/aromatic N) is 3. The molecular weight excluding hydrogens is 226 g/mol. The summed E-state index contributed by atoms with van der Waals surface area (Å²) in [4.78, 5) is 21.1. The Morgan fingerprint density at radius 3 is 2.81 bits per heavy atom. The minimum atomic E-state index is -0.806. The molecule has 6 heteroatoms. The first kappa shape index (κ1) is 12.8. The fourth-order valence-corrected chi connectivity index (χ4v) is 1.75. The Bertz CT molecular complexity index is 370. The van der Waals surface area contributed by atoms with Crippen LogP contribution in [0, 0.1) is 0 Å². The summed E-state index contributed by atoms with van der Waals surface area (Å²) < 4.78 is 10.9. The zero-order valence-corrected chi connectivity index (χ0v) is 10.2. The summed E-state index contributed by atoms with van der Waals surface area (Å²) in [6.07, 6.45) is 6.84. The van der Waals surface area contributed by atoms with E-state index in [1.165, 1.54) is 18.6 Å². The van der Waals surface area contributed by atoms with Crippen molar-refractivity contribution in [2.75, 3.05) is 25.6 Å². The number of carbonyl (C=O) groups excluding carboxylic acids is 1. The van der Waals surface area contributed by atoms with Gasteiger partial charge in [-0.3, -0.25) is 14.0 Å². The van der Waals surface area contributed by atoms with E-state index in [1.54, 1.807) is 18.2 Å². The summed E-state index contributed by atoms with van der Waals surface area (Å²) >= 11 is 0. The Morgan fingerprint density at radius 1 is 1.50 bits per heavy atom. The quantitative estimate of drug-likeness (QED) is 0.744. The average Bonchev–Trinajstić information content (AvgIpc) is 2.28. The third-order valence-corrected chi connectivity index (χ3v) is 2.92. The molecule has 16 heavy (non-hydrogen) atoms. The number of amides is 1. The molecule has 0 N–H and O–H groups in total. The van der Waals surface area contributed by atoms with Crippen molar-refractivity contribution in [3.8, 4) is 0 Å². The lowest BCUT2D eigenvalue weighted by Crippen LogP contribution is -2.29. The molecule has 1 unspecified atom stereocenters. The molecule has 1 aromatic rings. The van der Waals surface area contributed by atoms with E-state index in [4.69, 9.17) is 0 Å². The summed E-state index contributed by atoms with van der Waals surface area (Å²) in [5.74, 6) is 0.452. The molecule has 1 amide bonds. The monoisotopic (exact) mass is 241 g/mol. The van der Waals surface area contributed by atoms with Gasteiger partial charge in [-0.25, -0.2) is 4.98 Å². The van der Waals surface area contributed by atoms with Crippen LogP contribution in [0.4, 0.5) is 0 Å². The first-order valence-electron chi connectivity index (χ1n) is 4.92. The van der Waals surface area contributed by atoms with Crippen molar-refractivity contribution in [2.45, 2.75) is 6.42 Å². The topological polar surface area (TPSA) is 63.2 Å². The molecule has 0 bridgehead atoms. The molecule has 0 saturated heterocycles. The Labute approximate surface area is 97.4 Å². The highest BCUT2D eigenvalue weighted by Gasteiger charge is 2.12. The van der Waals surface area contributed by atoms with Crippen molar-refractivity contribution >= 4 is 16.7 Å². The molecule has 1 atom stereocenters. The van der Waals surface area contributed by atoms with Gasteiger partial charge in [-0.2, -0.15) is 0 Å². The van der Waals surface area contributed by atoms with Gasteiger partial charge in [-0.15, -0.1) is 0 Å². The van der Waals surface area contributed by atoms with Gasteiger partial charge in [0.05, 0.1) is 6.20 Å². The number of hydrogen-bond donors (Lipinski definition) is 0. The van der Waals surface area contributed by atoms with E-state index in [0.29, 0.717) is 18.0 Å². The maximum absolute atomic E-state index is 11.8. The highest BCUT2D eigenvalue weighted by molar-refractivity contribution is 7.84. The summed E-state index contributed by atoms with van der Waals surface area (Å²) in [6.45, 7) is 0.578. The minimum absolute atomic E-state index is 0.157. The molecule has 0 saturated carbocycles. The molecular formula is C10H15N3O2S. The highest BCUT2D eigenvalue weighted by Crippen LogP contribution is 1.98. The lowest BCUT2D eigenvalue weighted by atomic mass is 10.3. The van der Waals surface area contributed by atoms with Crippen LogP contribution in [0.1, 0.15) is 16.9 Å². The van der Waals surface area contributed by atoms with Crippen LogP contribution < -0.4 is 0 Å². The largest absolute Gasteiger partial charge is 0.340 e. The third kappa shape index (κ3) is 4.06. The molecule has 88 valence electrons. The van der Waals surface area contributed by atoms with E-state index >= 15 is 0 Å². The zero-order chi connectivity index (χ0) is 12.0. The van der Waals surface area contributed by atoms with Gasteiger partial charge in [0.25, 0.3) is 5.91 Å². The second-order valence-corrected chi connectivity index (χ2v) is 5.00. The molecule has 0 aliphatic heterocycles. The average molecular weight is 241 g/mol. The number of aromatic nitrogens is 2. The summed E-state index contributed by atoms with van der Waals surface area (Å²) in [7, 11) is 0.898. The van der Waals surface area contributed by atoms with Crippen molar-refractivity contribution in [1.82, 2.24) is 14.9 Å². The molecule has 0 aliphatic rings. The fourth-order valence-electron chi connectivity index (χ4n) is 1.21. The van der Waals surface area contributed by atoms with Crippen molar-refractivity contribution in [3.63, 3.8) is 0 Å². The van der Waals surface area contributed by atoms with Crippen LogP contribution in [0.2, 0.25) is 0 Å². The number of hydrogen-bond acceptors (Lipinski definition) is 4. The van der Waals surface area contributed by atoms with Crippen LogP contribution in [0.15, 0.2) is 18.6 Å². The van der Waals surface area contributed by atoms with Crippen LogP contribution >= 0.6 is 0 Å². The van der Waals surface area contributed by atoms with Gasteiger partial charge in [0.15, 0.2) is 0 Å². The van der Waals surface area contributed by atoms with Crippen molar-refractivity contribution < 1.29 is 9.00 Å². The third-order valence-electron chi connectivity index (χ3n) is 2.05. The smallest absolute Gasteiger partial charge is 0.273 e. The number of rotatable bonds is 5. The Balaban J connectivity index is 2.45. The minimum Gasteiger partial charge on any atom is -0.340 e. The fraction of sp³-hybridized carbons (Fsp3) is 0.500. The first-order valence-corrected chi connectivity index (χ1v) is 6.65.